The lowest BCUT2D eigenvalue weighted by molar-refractivity contribution is -0.141. The number of hydrogen-bond donors (Lipinski definition) is 1. The number of aromatic nitrogens is 2. The minimum absolute atomic E-state index is 0.0177. The Balaban J connectivity index is 2.62. The Morgan fingerprint density at radius 1 is 1.21 bits per heavy atom. The van der Waals surface area contributed by atoms with Crippen LogP contribution in [0, 0.1) is 5.82 Å². The number of imidazole rings is 1. The van der Waals surface area contributed by atoms with Crippen molar-refractivity contribution in [1.82, 2.24) is 9.97 Å². The molecule has 0 atom stereocenters. The Morgan fingerprint density at radius 2 is 1.83 bits per heavy atom. The second kappa shape index (κ2) is 6.30. The molecule has 132 valence electrons. The first kappa shape index (κ1) is 18.6. The van der Waals surface area contributed by atoms with E-state index >= 15 is 0 Å². The largest absolute Gasteiger partial charge is 0.493 e. The van der Waals surface area contributed by atoms with Crippen molar-refractivity contribution < 1.29 is 31.1 Å². The second-order valence-electron chi connectivity index (χ2n) is 4.90. The molecule has 0 fully saturated rings. The van der Waals surface area contributed by atoms with Crippen LogP contribution in [0.25, 0.3) is 11.4 Å². The molecule has 2 aromatic rings. The quantitative estimate of drug-likeness (QED) is 0.667. The van der Waals surface area contributed by atoms with Crippen molar-refractivity contribution in [2.45, 2.75) is 25.9 Å². The van der Waals surface area contributed by atoms with Crippen molar-refractivity contribution in [3.8, 4) is 17.1 Å². The SMILES string of the molecule is CCOc1cc(-c2nc(Br)c(C(F)(F)F)[nH]2)c(F)cc1C(C)(F)F. The molecule has 0 radical (unpaired) electrons. The van der Waals surface area contributed by atoms with E-state index in [2.05, 4.69) is 20.9 Å². The highest BCUT2D eigenvalue weighted by Crippen LogP contribution is 2.40. The predicted octanol–water partition coefficient (Wildman–Crippen LogP) is 5.51. The Bertz CT molecular complexity index is 751. The van der Waals surface area contributed by atoms with Gasteiger partial charge in [-0.15, -0.1) is 0 Å². The summed E-state index contributed by atoms with van der Waals surface area (Å²) < 4.78 is 84.1. The highest BCUT2D eigenvalue weighted by Gasteiger charge is 2.37. The summed E-state index contributed by atoms with van der Waals surface area (Å²) in [6, 6.07) is 1.43. The number of aromatic amines is 1. The monoisotopic (exact) mass is 416 g/mol. The average Bonchev–Trinajstić information content (AvgIpc) is 2.81. The highest BCUT2D eigenvalue weighted by molar-refractivity contribution is 9.10. The van der Waals surface area contributed by atoms with Gasteiger partial charge < -0.3 is 9.72 Å². The summed E-state index contributed by atoms with van der Waals surface area (Å²) in [5.41, 5.74) is -2.32. The van der Waals surface area contributed by atoms with Crippen molar-refractivity contribution in [2.24, 2.45) is 0 Å². The molecular formula is C14H11BrF6N2O. The first-order valence-corrected chi connectivity index (χ1v) is 7.42. The zero-order valence-corrected chi connectivity index (χ0v) is 13.9. The van der Waals surface area contributed by atoms with Crippen LogP contribution in [0.1, 0.15) is 25.1 Å². The lowest BCUT2D eigenvalue weighted by atomic mass is 10.0. The van der Waals surface area contributed by atoms with Crippen molar-refractivity contribution in [3.63, 3.8) is 0 Å². The van der Waals surface area contributed by atoms with E-state index in [1.807, 2.05) is 4.98 Å². The lowest BCUT2D eigenvalue weighted by Gasteiger charge is -2.17. The van der Waals surface area contributed by atoms with Gasteiger partial charge in [0.1, 0.15) is 22.0 Å². The fourth-order valence-electron chi connectivity index (χ4n) is 2.02. The maximum atomic E-state index is 14.2. The van der Waals surface area contributed by atoms with E-state index in [0.29, 0.717) is 13.0 Å². The van der Waals surface area contributed by atoms with Crippen molar-refractivity contribution >= 4 is 15.9 Å². The first-order chi connectivity index (χ1) is 10.9. The van der Waals surface area contributed by atoms with Gasteiger partial charge in [-0.3, -0.25) is 0 Å². The van der Waals surface area contributed by atoms with Gasteiger partial charge in [0.05, 0.1) is 17.7 Å². The van der Waals surface area contributed by atoms with Gasteiger partial charge in [0, 0.05) is 6.92 Å². The number of benzene rings is 1. The van der Waals surface area contributed by atoms with E-state index in [9.17, 15) is 26.3 Å². The molecule has 0 unspecified atom stereocenters. The van der Waals surface area contributed by atoms with Gasteiger partial charge in [0.2, 0.25) is 0 Å². The maximum Gasteiger partial charge on any atom is 0.433 e. The smallest absolute Gasteiger partial charge is 0.433 e. The number of nitrogens with zero attached hydrogens (tertiary/aromatic N) is 1. The van der Waals surface area contributed by atoms with E-state index in [1.165, 1.54) is 6.92 Å². The van der Waals surface area contributed by atoms with Gasteiger partial charge >= 0.3 is 6.18 Å². The summed E-state index contributed by atoms with van der Waals surface area (Å²) in [6.45, 7) is 2.12. The second-order valence-corrected chi connectivity index (χ2v) is 5.65. The van der Waals surface area contributed by atoms with Crippen LogP contribution < -0.4 is 4.74 Å². The van der Waals surface area contributed by atoms with Crippen molar-refractivity contribution in [2.75, 3.05) is 6.61 Å². The summed E-state index contributed by atoms with van der Waals surface area (Å²) in [4.78, 5) is 5.50. The number of hydrogen-bond acceptors (Lipinski definition) is 2. The zero-order chi connectivity index (χ0) is 18.3. The van der Waals surface area contributed by atoms with E-state index in [1.54, 1.807) is 0 Å². The van der Waals surface area contributed by atoms with Crippen LogP contribution in [-0.2, 0) is 12.1 Å². The number of nitrogens with one attached hydrogen (secondary N) is 1. The summed E-state index contributed by atoms with van der Waals surface area (Å²) in [7, 11) is 0. The van der Waals surface area contributed by atoms with E-state index < -0.39 is 45.2 Å². The number of alkyl halides is 5. The molecule has 3 nitrogen and oxygen atoms in total. The molecule has 0 amide bonds. The predicted molar refractivity (Wildman–Crippen MR) is 77.4 cm³/mol. The molecule has 0 aliphatic rings. The van der Waals surface area contributed by atoms with Gasteiger partial charge in [-0.2, -0.15) is 13.2 Å². The molecule has 24 heavy (non-hydrogen) atoms. The van der Waals surface area contributed by atoms with Crippen LogP contribution in [0.15, 0.2) is 16.7 Å². The third-order valence-electron chi connectivity index (χ3n) is 3.04. The molecule has 0 aliphatic carbocycles. The average molecular weight is 417 g/mol. The summed E-state index contributed by atoms with van der Waals surface area (Å²) >= 11 is 2.63. The Kier molecular flexibility index (Phi) is 4.89. The molecule has 0 saturated heterocycles. The Hall–Kier alpha value is -1.71. The normalized spacial score (nSPS) is 12.5. The summed E-state index contributed by atoms with van der Waals surface area (Å²) in [5.74, 6) is -5.32. The van der Waals surface area contributed by atoms with Crippen molar-refractivity contribution in [3.05, 3.63) is 33.8 Å². The molecule has 0 saturated carbocycles. The molecule has 1 heterocycles. The summed E-state index contributed by atoms with van der Waals surface area (Å²) in [6.07, 6.45) is -4.74. The fraction of sp³-hybridized carbons (Fsp3) is 0.357. The van der Waals surface area contributed by atoms with Crippen LogP contribution in [0.4, 0.5) is 26.3 Å². The maximum absolute atomic E-state index is 14.2. The number of rotatable bonds is 4. The standard InChI is InChI=1S/C14H11BrF6N2O/c1-3-24-9-4-6(8(16)5-7(9)13(2,17)18)12-22-10(11(15)23-12)14(19,20)21/h4-5H,3H2,1-2H3,(H,22,23). The third kappa shape index (κ3) is 3.68. The molecule has 0 aliphatic heterocycles. The number of halogens is 7. The van der Waals surface area contributed by atoms with Gasteiger partial charge in [-0.25, -0.2) is 18.2 Å². The van der Waals surface area contributed by atoms with Crippen LogP contribution in [0.5, 0.6) is 5.75 Å². The molecule has 1 aromatic carbocycles. The minimum Gasteiger partial charge on any atom is -0.493 e. The third-order valence-corrected chi connectivity index (χ3v) is 3.61. The highest BCUT2D eigenvalue weighted by atomic mass is 79.9. The molecular weight excluding hydrogens is 406 g/mol. The number of H-pyrrole nitrogens is 1. The fourth-order valence-corrected chi connectivity index (χ4v) is 2.52. The van der Waals surface area contributed by atoms with Crippen LogP contribution in [0.3, 0.4) is 0 Å². The van der Waals surface area contributed by atoms with Crippen LogP contribution in [0.2, 0.25) is 0 Å². The topological polar surface area (TPSA) is 37.9 Å². The van der Waals surface area contributed by atoms with Gasteiger partial charge in [0.25, 0.3) is 5.92 Å². The van der Waals surface area contributed by atoms with Crippen molar-refractivity contribution in [1.29, 1.82) is 0 Å². The van der Waals surface area contributed by atoms with Gasteiger partial charge in [0.15, 0.2) is 5.69 Å². The van der Waals surface area contributed by atoms with Crippen LogP contribution in [-0.4, -0.2) is 16.6 Å². The summed E-state index contributed by atoms with van der Waals surface area (Å²) in [5, 5.41) is 0. The Labute approximate surface area is 141 Å². The minimum atomic E-state index is -4.74. The van der Waals surface area contributed by atoms with Crippen LogP contribution >= 0.6 is 15.9 Å². The molecule has 10 heteroatoms. The van der Waals surface area contributed by atoms with Gasteiger partial charge in [-0.05, 0) is 35.0 Å². The molecule has 0 spiro atoms. The van der Waals surface area contributed by atoms with E-state index in [0.717, 1.165) is 6.07 Å². The molecule has 1 aromatic heterocycles. The molecule has 0 bridgehead atoms. The zero-order valence-electron chi connectivity index (χ0n) is 12.4. The number of ether oxygens (including phenoxy) is 1. The van der Waals surface area contributed by atoms with Gasteiger partial charge in [-0.1, -0.05) is 0 Å². The lowest BCUT2D eigenvalue weighted by Crippen LogP contribution is -2.11. The molecule has 2 rings (SSSR count). The van der Waals surface area contributed by atoms with E-state index in [-0.39, 0.29) is 12.4 Å². The first-order valence-electron chi connectivity index (χ1n) is 6.62. The Morgan fingerprint density at radius 3 is 2.29 bits per heavy atom. The van der Waals surface area contributed by atoms with E-state index in [4.69, 9.17) is 4.74 Å². The molecule has 1 N–H and O–H groups in total.